The Bertz CT molecular complexity index is 1370. The fourth-order valence-electron chi connectivity index (χ4n) is 5.56. The van der Waals surface area contributed by atoms with Crippen LogP contribution in [0.3, 0.4) is 0 Å². The molecule has 0 saturated carbocycles. The van der Waals surface area contributed by atoms with E-state index in [1.54, 1.807) is 24.3 Å². The minimum atomic E-state index is -3.52. The molecule has 0 N–H and O–H groups in total. The molecule has 0 aliphatic carbocycles. The van der Waals surface area contributed by atoms with Crippen LogP contribution in [0.4, 0.5) is 5.69 Å². The zero-order valence-corrected chi connectivity index (χ0v) is 22.1. The number of benzene rings is 2. The number of aryl methyl sites for hydroxylation is 1. The lowest BCUT2D eigenvalue weighted by Crippen LogP contribution is -2.41. The van der Waals surface area contributed by atoms with Gasteiger partial charge >= 0.3 is 0 Å². The van der Waals surface area contributed by atoms with Crippen LogP contribution < -0.4 is 4.90 Å². The van der Waals surface area contributed by atoms with Gasteiger partial charge in [0, 0.05) is 54.7 Å². The first-order valence-electron chi connectivity index (χ1n) is 12.7. The molecule has 1 unspecified atom stereocenters. The van der Waals surface area contributed by atoms with Gasteiger partial charge in [0.1, 0.15) is 0 Å². The Balaban J connectivity index is 1.20. The number of nitrogens with zero attached hydrogens (tertiary/aromatic N) is 3. The molecule has 2 saturated heterocycles. The molecular formula is C28H32ClN3O3S. The summed E-state index contributed by atoms with van der Waals surface area (Å²) in [5, 5.41) is 2.37. The molecule has 0 spiro atoms. The number of fused-ring (bicyclic) bond motifs is 1. The van der Waals surface area contributed by atoms with Crippen LogP contribution in [0.15, 0.2) is 59.6 Å². The SMILES string of the molecule is Cc1cc(N2CCC(CC(=O)N3CCCC3CS(=O)(=O)c3ccc4cc(Cl)ccc4c3)CC2)ccn1. The van der Waals surface area contributed by atoms with E-state index in [0.717, 1.165) is 55.2 Å². The second-order valence-electron chi connectivity index (χ2n) is 10.1. The number of hydrogen-bond donors (Lipinski definition) is 0. The number of amides is 1. The smallest absolute Gasteiger partial charge is 0.223 e. The number of sulfone groups is 1. The Kier molecular flexibility index (Phi) is 7.22. The van der Waals surface area contributed by atoms with Gasteiger partial charge in [0.25, 0.3) is 0 Å². The summed E-state index contributed by atoms with van der Waals surface area (Å²) < 4.78 is 26.6. The van der Waals surface area contributed by atoms with Gasteiger partial charge in [-0.25, -0.2) is 8.42 Å². The summed E-state index contributed by atoms with van der Waals surface area (Å²) in [5.74, 6) is 0.401. The third kappa shape index (κ3) is 5.52. The third-order valence-corrected chi connectivity index (χ3v) is 9.60. The Morgan fingerprint density at radius 2 is 1.75 bits per heavy atom. The Morgan fingerprint density at radius 1 is 1.00 bits per heavy atom. The van der Waals surface area contributed by atoms with Crippen LogP contribution in [0, 0.1) is 12.8 Å². The van der Waals surface area contributed by atoms with E-state index in [0.29, 0.717) is 28.8 Å². The minimum absolute atomic E-state index is 0.0301. The molecule has 2 fully saturated rings. The van der Waals surface area contributed by atoms with Crippen molar-refractivity contribution >= 4 is 43.8 Å². The molecular weight excluding hydrogens is 494 g/mol. The lowest BCUT2D eigenvalue weighted by molar-refractivity contribution is -0.132. The first-order valence-corrected chi connectivity index (χ1v) is 14.7. The lowest BCUT2D eigenvalue weighted by Gasteiger charge is -2.34. The fraction of sp³-hybridized carbons (Fsp3) is 0.429. The molecule has 3 aromatic rings. The topological polar surface area (TPSA) is 70.6 Å². The monoisotopic (exact) mass is 525 g/mol. The molecule has 3 heterocycles. The first-order chi connectivity index (χ1) is 17.3. The largest absolute Gasteiger partial charge is 0.371 e. The zero-order valence-electron chi connectivity index (χ0n) is 20.6. The van der Waals surface area contributed by atoms with Gasteiger partial charge in [-0.3, -0.25) is 9.78 Å². The number of piperidine rings is 1. The van der Waals surface area contributed by atoms with Gasteiger partial charge < -0.3 is 9.80 Å². The summed E-state index contributed by atoms with van der Waals surface area (Å²) in [5.41, 5.74) is 2.20. The van der Waals surface area contributed by atoms with E-state index in [-0.39, 0.29) is 17.7 Å². The highest BCUT2D eigenvalue weighted by atomic mass is 35.5. The summed E-state index contributed by atoms with van der Waals surface area (Å²) in [6.07, 6.45) is 5.85. The van der Waals surface area contributed by atoms with E-state index >= 15 is 0 Å². The molecule has 190 valence electrons. The van der Waals surface area contributed by atoms with Crippen LogP contribution >= 0.6 is 11.6 Å². The Labute approximate surface area is 218 Å². The van der Waals surface area contributed by atoms with Crippen molar-refractivity contribution in [1.82, 2.24) is 9.88 Å². The summed E-state index contributed by atoms with van der Waals surface area (Å²) in [4.78, 5) is 22.0. The van der Waals surface area contributed by atoms with Gasteiger partial charge in [-0.1, -0.05) is 23.7 Å². The molecule has 1 aromatic heterocycles. The third-order valence-electron chi connectivity index (χ3n) is 7.57. The molecule has 0 radical (unpaired) electrons. The molecule has 2 aliphatic heterocycles. The summed E-state index contributed by atoms with van der Waals surface area (Å²) in [7, 11) is -3.52. The zero-order chi connectivity index (χ0) is 25.3. The highest BCUT2D eigenvalue weighted by Gasteiger charge is 2.34. The Morgan fingerprint density at radius 3 is 2.53 bits per heavy atom. The molecule has 2 aliphatic rings. The number of carbonyl (C=O) groups excluding carboxylic acids is 1. The second-order valence-corrected chi connectivity index (χ2v) is 12.6. The van der Waals surface area contributed by atoms with E-state index in [1.807, 2.05) is 36.2 Å². The average Bonchev–Trinajstić information content (AvgIpc) is 3.31. The van der Waals surface area contributed by atoms with Gasteiger partial charge in [0.2, 0.25) is 5.91 Å². The maximum atomic E-state index is 13.3. The van der Waals surface area contributed by atoms with E-state index in [4.69, 9.17) is 11.6 Å². The molecule has 1 atom stereocenters. The number of hydrogen-bond acceptors (Lipinski definition) is 5. The average molecular weight is 526 g/mol. The van der Waals surface area contributed by atoms with Gasteiger partial charge in [0.05, 0.1) is 10.6 Å². The van der Waals surface area contributed by atoms with Crippen LogP contribution in [-0.2, 0) is 14.6 Å². The van der Waals surface area contributed by atoms with Gasteiger partial charge in [0.15, 0.2) is 9.84 Å². The van der Waals surface area contributed by atoms with E-state index in [1.165, 1.54) is 5.69 Å². The van der Waals surface area contributed by atoms with Crippen LogP contribution in [0.2, 0.25) is 5.02 Å². The number of anilines is 1. The van der Waals surface area contributed by atoms with Crippen molar-refractivity contribution in [1.29, 1.82) is 0 Å². The first kappa shape index (κ1) is 25.0. The molecule has 0 bridgehead atoms. The van der Waals surface area contributed by atoms with E-state index in [2.05, 4.69) is 16.0 Å². The second kappa shape index (κ2) is 10.4. The van der Waals surface area contributed by atoms with E-state index in [9.17, 15) is 13.2 Å². The van der Waals surface area contributed by atoms with Crippen molar-refractivity contribution in [2.24, 2.45) is 5.92 Å². The summed E-state index contributed by atoms with van der Waals surface area (Å²) in [6, 6.07) is 14.5. The van der Waals surface area contributed by atoms with Crippen molar-refractivity contribution in [3.63, 3.8) is 0 Å². The standard InChI is InChI=1S/C28H32ClN3O3S/c1-20-15-25(8-11-30-20)31-13-9-21(10-14-31)16-28(33)32-12-2-3-26(32)19-36(34,35)27-7-5-22-17-24(29)6-4-23(22)18-27/h4-8,11,15,17-18,21,26H,2-3,9-10,12-14,16,19H2,1H3. The van der Waals surface area contributed by atoms with E-state index < -0.39 is 9.84 Å². The van der Waals surface area contributed by atoms with Crippen LogP contribution in [0.25, 0.3) is 10.8 Å². The van der Waals surface area contributed by atoms with Crippen molar-refractivity contribution < 1.29 is 13.2 Å². The quantitative estimate of drug-likeness (QED) is 0.438. The predicted octanol–water partition coefficient (Wildman–Crippen LogP) is 5.27. The maximum Gasteiger partial charge on any atom is 0.223 e. The van der Waals surface area contributed by atoms with Crippen molar-refractivity contribution in [2.45, 2.75) is 50.0 Å². The molecule has 5 rings (SSSR count). The lowest BCUT2D eigenvalue weighted by atomic mass is 9.92. The minimum Gasteiger partial charge on any atom is -0.371 e. The van der Waals surface area contributed by atoms with Crippen LogP contribution in [0.5, 0.6) is 0 Å². The highest BCUT2D eigenvalue weighted by molar-refractivity contribution is 7.91. The van der Waals surface area contributed by atoms with Gasteiger partial charge in [-0.05, 0) is 85.7 Å². The van der Waals surface area contributed by atoms with Gasteiger partial charge in [-0.15, -0.1) is 0 Å². The number of likely N-dealkylation sites (tertiary alicyclic amines) is 1. The molecule has 1 amide bonds. The maximum absolute atomic E-state index is 13.3. The number of pyridine rings is 1. The normalized spacial score (nSPS) is 19.2. The van der Waals surface area contributed by atoms with Gasteiger partial charge in [-0.2, -0.15) is 0 Å². The number of carbonyl (C=O) groups is 1. The summed E-state index contributed by atoms with van der Waals surface area (Å²) >= 11 is 6.06. The molecule has 2 aromatic carbocycles. The van der Waals surface area contributed by atoms with Crippen molar-refractivity contribution in [3.8, 4) is 0 Å². The fourth-order valence-corrected chi connectivity index (χ4v) is 7.37. The summed E-state index contributed by atoms with van der Waals surface area (Å²) in [6.45, 7) is 4.49. The number of halogens is 1. The van der Waals surface area contributed by atoms with Crippen LogP contribution in [-0.4, -0.2) is 55.6 Å². The molecule has 6 nitrogen and oxygen atoms in total. The number of aromatic nitrogens is 1. The molecule has 36 heavy (non-hydrogen) atoms. The predicted molar refractivity (Wildman–Crippen MR) is 144 cm³/mol. The van der Waals surface area contributed by atoms with Crippen molar-refractivity contribution in [2.75, 3.05) is 30.3 Å². The molecule has 8 heteroatoms. The van der Waals surface area contributed by atoms with Crippen LogP contribution in [0.1, 0.15) is 37.8 Å². The van der Waals surface area contributed by atoms with Crippen molar-refractivity contribution in [3.05, 3.63) is 65.4 Å². The Hall–Kier alpha value is -2.64. The number of rotatable bonds is 6. The highest BCUT2D eigenvalue weighted by Crippen LogP contribution is 2.29.